The van der Waals surface area contributed by atoms with Crippen LogP contribution in [0.15, 0.2) is 12.1 Å². The van der Waals surface area contributed by atoms with Gasteiger partial charge in [0.2, 0.25) is 0 Å². The molecule has 0 saturated carbocycles. The van der Waals surface area contributed by atoms with Crippen LogP contribution in [0, 0.1) is 5.92 Å². The summed E-state index contributed by atoms with van der Waals surface area (Å²) in [6.07, 6.45) is 2.30. The van der Waals surface area contributed by atoms with E-state index in [2.05, 4.69) is 30.7 Å². The zero-order chi connectivity index (χ0) is 18.1. The fourth-order valence-corrected chi connectivity index (χ4v) is 4.44. The van der Waals surface area contributed by atoms with Crippen LogP contribution in [0.3, 0.4) is 0 Å². The van der Waals surface area contributed by atoms with Crippen LogP contribution >= 0.6 is 0 Å². The second-order valence-corrected chi connectivity index (χ2v) is 7.64. The quantitative estimate of drug-likeness (QED) is 0.840. The molecular weight excluding hydrogens is 316 g/mol. The maximum Gasteiger partial charge on any atom is 0.254 e. The fraction of sp³-hybridized carbons (Fsp3) is 0.650. The van der Waals surface area contributed by atoms with Crippen molar-refractivity contribution < 1.29 is 14.3 Å². The topological polar surface area (TPSA) is 42.0 Å². The summed E-state index contributed by atoms with van der Waals surface area (Å²) >= 11 is 0. The Morgan fingerprint density at radius 1 is 1.16 bits per heavy atom. The smallest absolute Gasteiger partial charge is 0.254 e. The van der Waals surface area contributed by atoms with Crippen LogP contribution in [0.5, 0.6) is 11.5 Å². The van der Waals surface area contributed by atoms with Gasteiger partial charge in [0.1, 0.15) is 11.5 Å². The molecule has 5 nitrogen and oxygen atoms in total. The number of ether oxygens (including phenoxy) is 2. The van der Waals surface area contributed by atoms with E-state index in [0.717, 1.165) is 43.1 Å². The van der Waals surface area contributed by atoms with Crippen molar-refractivity contribution in [3.63, 3.8) is 0 Å². The van der Waals surface area contributed by atoms with Crippen molar-refractivity contribution in [2.45, 2.75) is 38.6 Å². The van der Waals surface area contributed by atoms with Crippen molar-refractivity contribution in [1.29, 1.82) is 0 Å². The van der Waals surface area contributed by atoms with Gasteiger partial charge < -0.3 is 19.3 Å². The molecule has 2 atom stereocenters. The highest BCUT2D eigenvalue weighted by atomic mass is 16.5. The molecule has 2 aliphatic rings. The third kappa shape index (κ3) is 3.34. The predicted molar refractivity (Wildman–Crippen MR) is 98.7 cm³/mol. The lowest BCUT2D eigenvalue weighted by molar-refractivity contribution is 0.0571. The lowest BCUT2D eigenvalue weighted by Gasteiger charge is -2.37. The number of likely N-dealkylation sites (N-methyl/N-ethyl adjacent to an activating group) is 1. The zero-order valence-corrected chi connectivity index (χ0v) is 16.0. The van der Waals surface area contributed by atoms with Crippen LogP contribution in [0.2, 0.25) is 0 Å². The summed E-state index contributed by atoms with van der Waals surface area (Å²) in [4.78, 5) is 17.7. The van der Waals surface area contributed by atoms with E-state index in [1.807, 2.05) is 12.1 Å². The summed E-state index contributed by atoms with van der Waals surface area (Å²) in [7, 11) is 5.44. The molecule has 0 radical (unpaired) electrons. The molecule has 0 aliphatic carbocycles. The van der Waals surface area contributed by atoms with Gasteiger partial charge in [-0.3, -0.25) is 4.79 Å². The molecule has 2 fully saturated rings. The number of rotatable bonds is 4. The third-order valence-corrected chi connectivity index (χ3v) is 5.59. The van der Waals surface area contributed by atoms with Crippen LogP contribution in [0.4, 0.5) is 0 Å². The summed E-state index contributed by atoms with van der Waals surface area (Å²) in [5, 5.41) is 0. The van der Waals surface area contributed by atoms with Gasteiger partial charge >= 0.3 is 0 Å². The Balaban J connectivity index is 1.94. The normalized spacial score (nSPS) is 23.7. The minimum absolute atomic E-state index is 0.0944. The molecule has 2 aliphatic heterocycles. The Hall–Kier alpha value is -1.75. The fourth-order valence-electron chi connectivity index (χ4n) is 4.44. The van der Waals surface area contributed by atoms with E-state index >= 15 is 0 Å². The lowest BCUT2D eigenvalue weighted by Crippen LogP contribution is -2.48. The number of nitrogens with zero attached hydrogens (tertiary/aromatic N) is 2. The maximum atomic E-state index is 13.3. The van der Waals surface area contributed by atoms with Gasteiger partial charge in [0, 0.05) is 36.8 Å². The van der Waals surface area contributed by atoms with Crippen molar-refractivity contribution in [2.24, 2.45) is 5.92 Å². The predicted octanol–water partition coefficient (Wildman–Crippen LogP) is 2.99. The van der Waals surface area contributed by atoms with Crippen molar-refractivity contribution in [3.05, 3.63) is 23.3 Å². The van der Waals surface area contributed by atoms with Gasteiger partial charge in [0.15, 0.2) is 0 Å². The Morgan fingerprint density at radius 3 is 2.36 bits per heavy atom. The molecular formula is C20H30N2O3. The Labute approximate surface area is 150 Å². The van der Waals surface area contributed by atoms with Crippen molar-refractivity contribution >= 4 is 5.91 Å². The molecule has 25 heavy (non-hydrogen) atoms. The van der Waals surface area contributed by atoms with Crippen LogP contribution in [-0.4, -0.2) is 62.7 Å². The van der Waals surface area contributed by atoms with Crippen LogP contribution in [0.25, 0.3) is 0 Å². The zero-order valence-electron chi connectivity index (χ0n) is 16.0. The highest BCUT2D eigenvalue weighted by Crippen LogP contribution is 2.38. The van der Waals surface area contributed by atoms with Crippen molar-refractivity contribution in [1.82, 2.24) is 9.80 Å². The molecule has 2 heterocycles. The number of carbonyl (C=O) groups is 1. The van der Waals surface area contributed by atoms with Gasteiger partial charge in [0.05, 0.1) is 14.2 Å². The second-order valence-electron chi connectivity index (χ2n) is 7.64. The van der Waals surface area contributed by atoms with Crippen molar-refractivity contribution in [2.75, 3.05) is 40.9 Å². The van der Waals surface area contributed by atoms with Gasteiger partial charge in [0.25, 0.3) is 5.91 Å². The third-order valence-electron chi connectivity index (χ3n) is 5.59. The standard InChI is InChI=1S/C20H30N2O3/c1-13(2)19-17(24-4)9-15(10-18(19)25-5)20(23)22-8-6-7-14-11-21(3)12-16(14)22/h9-10,13-14,16H,6-8,11-12H2,1-5H3/t14-,16+/m0/s1. The molecule has 1 aromatic carbocycles. The van der Waals surface area contributed by atoms with Crippen LogP contribution in [-0.2, 0) is 0 Å². The molecule has 1 amide bonds. The SMILES string of the molecule is COc1cc(C(=O)N2CCC[C@H]3CN(C)C[C@H]32)cc(OC)c1C(C)C. The molecule has 3 rings (SSSR count). The number of benzene rings is 1. The molecule has 0 N–H and O–H groups in total. The minimum atomic E-state index is 0.0944. The second kappa shape index (κ2) is 7.24. The number of methoxy groups -OCH3 is 2. The van der Waals surface area contributed by atoms with E-state index < -0.39 is 0 Å². The van der Waals surface area contributed by atoms with E-state index in [-0.39, 0.29) is 11.8 Å². The largest absolute Gasteiger partial charge is 0.496 e. The first kappa shape index (κ1) is 18.1. The first-order chi connectivity index (χ1) is 12.0. The van der Waals surface area contributed by atoms with Gasteiger partial charge in [-0.1, -0.05) is 13.8 Å². The average Bonchev–Trinajstić information content (AvgIpc) is 2.99. The Bertz CT molecular complexity index is 619. The first-order valence-corrected chi connectivity index (χ1v) is 9.21. The van der Waals surface area contributed by atoms with E-state index in [1.165, 1.54) is 6.42 Å². The number of hydrogen-bond acceptors (Lipinski definition) is 4. The molecule has 1 aromatic rings. The van der Waals surface area contributed by atoms with Crippen LogP contribution in [0.1, 0.15) is 48.5 Å². The monoisotopic (exact) mass is 346 g/mol. The average molecular weight is 346 g/mol. The van der Waals surface area contributed by atoms with Crippen molar-refractivity contribution in [3.8, 4) is 11.5 Å². The number of fused-ring (bicyclic) bond motifs is 1. The van der Waals surface area contributed by atoms with Gasteiger partial charge in [-0.25, -0.2) is 0 Å². The molecule has 5 heteroatoms. The van der Waals surface area contributed by atoms with Crippen LogP contribution < -0.4 is 9.47 Å². The minimum Gasteiger partial charge on any atom is -0.496 e. The highest BCUT2D eigenvalue weighted by molar-refractivity contribution is 5.95. The molecule has 138 valence electrons. The van der Waals surface area contributed by atoms with E-state index in [4.69, 9.17) is 9.47 Å². The van der Waals surface area contributed by atoms with Gasteiger partial charge in [-0.2, -0.15) is 0 Å². The molecule has 0 aromatic heterocycles. The van der Waals surface area contributed by atoms with E-state index in [9.17, 15) is 4.79 Å². The summed E-state index contributed by atoms with van der Waals surface area (Å²) in [6, 6.07) is 4.08. The summed E-state index contributed by atoms with van der Waals surface area (Å²) < 4.78 is 11.1. The summed E-state index contributed by atoms with van der Waals surface area (Å²) in [5.41, 5.74) is 1.67. The van der Waals surface area contributed by atoms with E-state index in [1.54, 1.807) is 14.2 Å². The Morgan fingerprint density at radius 2 is 1.80 bits per heavy atom. The maximum absolute atomic E-state index is 13.3. The molecule has 0 bridgehead atoms. The lowest BCUT2D eigenvalue weighted by atomic mass is 9.91. The number of carbonyl (C=O) groups excluding carboxylic acids is 1. The molecule has 0 unspecified atom stereocenters. The van der Waals surface area contributed by atoms with Gasteiger partial charge in [-0.05, 0) is 43.9 Å². The number of amides is 1. The van der Waals surface area contributed by atoms with E-state index in [0.29, 0.717) is 17.5 Å². The Kier molecular flexibility index (Phi) is 5.23. The van der Waals surface area contributed by atoms with Gasteiger partial charge in [-0.15, -0.1) is 0 Å². The summed E-state index contributed by atoms with van der Waals surface area (Å²) in [5.74, 6) is 2.42. The first-order valence-electron chi connectivity index (χ1n) is 9.21. The number of likely N-dealkylation sites (tertiary alicyclic amines) is 2. The number of piperidine rings is 1. The summed E-state index contributed by atoms with van der Waals surface area (Å²) in [6.45, 7) is 7.10. The number of hydrogen-bond donors (Lipinski definition) is 0. The molecule has 0 spiro atoms. The molecule has 2 saturated heterocycles. The highest BCUT2D eigenvalue weighted by Gasteiger charge is 2.40.